The highest BCUT2D eigenvalue weighted by Gasteiger charge is 2.46. The van der Waals surface area contributed by atoms with E-state index >= 15 is 0 Å². The Kier molecular flexibility index (Phi) is 7.12. The van der Waals surface area contributed by atoms with E-state index in [0.717, 1.165) is 5.56 Å². The molecule has 1 aliphatic rings. The van der Waals surface area contributed by atoms with Gasteiger partial charge in [0.05, 0.1) is 29.8 Å². The third-order valence-electron chi connectivity index (χ3n) is 5.74. The van der Waals surface area contributed by atoms with Crippen LogP contribution in [0, 0.1) is 0 Å². The molecule has 1 unspecified atom stereocenters. The highest BCUT2D eigenvalue weighted by atomic mass is 79.9. The van der Waals surface area contributed by atoms with Gasteiger partial charge in [0.2, 0.25) is 0 Å². The van der Waals surface area contributed by atoms with Crippen LogP contribution in [-0.4, -0.2) is 40.5 Å². The second-order valence-electron chi connectivity index (χ2n) is 7.93. The zero-order valence-electron chi connectivity index (χ0n) is 19.2. The first kappa shape index (κ1) is 24.3. The number of aromatic hydroxyl groups is 1. The molecule has 4 rings (SSSR count). The smallest absolute Gasteiger partial charge is 0.295 e. The van der Waals surface area contributed by atoms with Crippen molar-refractivity contribution in [2.75, 3.05) is 13.7 Å². The number of carbonyl (C=O) groups is 2. The molecule has 2 N–H and O–H groups in total. The molecule has 35 heavy (non-hydrogen) atoms. The Balaban J connectivity index is 1.91. The molecule has 0 aromatic heterocycles. The number of aliphatic hydroxyl groups excluding tert-OH is 1. The Morgan fingerprint density at radius 2 is 1.80 bits per heavy atom. The quantitative estimate of drug-likeness (QED) is 0.245. The molecular weight excluding hydrogens is 514 g/mol. The zero-order valence-corrected chi connectivity index (χ0v) is 20.8. The minimum Gasteiger partial charge on any atom is -0.507 e. The maximum atomic E-state index is 13.3. The Morgan fingerprint density at radius 3 is 2.49 bits per heavy atom. The summed E-state index contributed by atoms with van der Waals surface area (Å²) in [6.45, 7) is 2.43. The van der Waals surface area contributed by atoms with E-state index in [1.807, 2.05) is 37.3 Å². The van der Waals surface area contributed by atoms with E-state index < -0.39 is 17.7 Å². The molecule has 1 fully saturated rings. The van der Waals surface area contributed by atoms with Gasteiger partial charge in [-0.25, -0.2) is 0 Å². The van der Waals surface area contributed by atoms with Gasteiger partial charge in [-0.3, -0.25) is 9.59 Å². The number of Topliss-reactive ketones (excluding diaryl/α,β-unsaturated/α-hetero) is 1. The molecule has 3 aromatic carbocycles. The number of rotatable bonds is 7. The van der Waals surface area contributed by atoms with Gasteiger partial charge in [-0.05, 0) is 58.2 Å². The molecule has 1 heterocycles. The minimum absolute atomic E-state index is 0.0563. The first-order chi connectivity index (χ1) is 16.8. The van der Waals surface area contributed by atoms with E-state index in [-0.39, 0.29) is 29.4 Å². The number of hydrogen-bond acceptors (Lipinski definition) is 6. The number of halogens is 1. The van der Waals surface area contributed by atoms with Crippen LogP contribution in [0.1, 0.15) is 29.7 Å². The van der Waals surface area contributed by atoms with Gasteiger partial charge in [-0.15, -0.1) is 0 Å². The number of hydrogen-bond donors (Lipinski definition) is 2. The summed E-state index contributed by atoms with van der Waals surface area (Å²) in [6, 6.07) is 18.2. The van der Waals surface area contributed by atoms with E-state index in [9.17, 15) is 19.8 Å². The number of amides is 1. The fourth-order valence-electron chi connectivity index (χ4n) is 4.13. The summed E-state index contributed by atoms with van der Waals surface area (Å²) < 4.78 is 11.2. The number of aliphatic hydroxyl groups is 1. The SMILES string of the molecule is CCOc1cccc(C(O)=C2C(=O)C(=O)N(Cc3ccccc3)C2c2cc(Br)c(O)c(OC)c2)c1. The van der Waals surface area contributed by atoms with E-state index in [1.165, 1.54) is 12.0 Å². The fourth-order valence-corrected chi connectivity index (χ4v) is 4.59. The van der Waals surface area contributed by atoms with Crippen LogP contribution in [0.2, 0.25) is 0 Å². The lowest BCUT2D eigenvalue weighted by atomic mass is 9.94. The van der Waals surface area contributed by atoms with Gasteiger partial charge in [0.25, 0.3) is 11.7 Å². The number of carbonyl (C=O) groups excluding carboxylic acids is 2. The van der Waals surface area contributed by atoms with Gasteiger partial charge in [-0.2, -0.15) is 0 Å². The number of benzene rings is 3. The summed E-state index contributed by atoms with van der Waals surface area (Å²) in [6.07, 6.45) is 0. The normalized spacial score (nSPS) is 17.0. The summed E-state index contributed by atoms with van der Waals surface area (Å²) in [5.41, 5.74) is 1.61. The average Bonchev–Trinajstić information content (AvgIpc) is 3.11. The van der Waals surface area contributed by atoms with Crippen LogP contribution < -0.4 is 9.47 Å². The summed E-state index contributed by atoms with van der Waals surface area (Å²) in [5.74, 6) is -1.26. The lowest BCUT2D eigenvalue weighted by molar-refractivity contribution is -0.140. The maximum absolute atomic E-state index is 13.3. The van der Waals surface area contributed by atoms with Crippen molar-refractivity contribution in [3.63, 3.8) is 0 Å². The van der Waals surface area contributed by atoms with Gasteiger partial charge in [-0.1, -0.05) is 42.5 Å². The van der Waals surface area contributed by atoms with Crippen LogP contribution >= 0.6 is 15.9 Å². The minimum atomic E-state index is -0.920. The van der Waals surface area contributed by atoms with E-state index in [2.05, 4.69) is 15.9 Å². The second kappa shape index (κ2) is 10.2. The molecule has 1 amide bonds. The molecule has 7 nitrogen and oxygen atoms in total. The number of nitrogens with zero attached hydrogens (tertiary/aromatic N) is 1. The number of likely N-dealkylation sites (tertiary alicyclic amines) is 1. The number of ketones is 1. The number of methoxy groups -OCH3 is 1. The summed E-state index contributed by atoms with van der Waals surface area (Å²) in [5, 5.41) is 21.6. The Hall–Kier alpha value is -3.78. The molecule has 0 bridgehead atoms. The third kappa shape index (κ3) is 4.74. The van der Waals surface area contributed by atoms with Crippen molar-refractivity contribution in [1.29, 1.82) is 0 Å². The molecule has 1 saturated heterocycles. The molecule has 8 heteroatoms. The van der Waals surface area contributed by atoms with Crippen molar-refractivity contribution in [3.8, 4) is 17.2 Å². The average molecular weight is 538 g/mol. The first-order valence-electron chi connectivity index (χ1n) is 11.0. The summed E-state index contributed by atoms with van der Waals surface area (Å²) in [4.78, 5) is 27.9. The highest BCUT2D eigenvalue weighted by Crippen LogP contribution is 2.45. The van der Waals surface area contributed by atoms with Crippen LogP contribution in [0.3, 0.4) is 0 Å². The lowest BCUT2D eigenvalue weighted by Gasteiger charge is -2.26. The molecule has 0 spiro atoms. The van der Waals surface area contributed by atoms with Crippen LogP contribution in [0.25, 0.3) is 5.76 Å². The van der Waals surface area contributed by atoms with Crippen LogP contribution in [0.4, 0.5) is 0 Å². The molecule has 1 atom stereocenters. The monoisotopic (exact) mass is 537 g/mol. The van der Waals surface area contributed by atoms with Gasteiger partial charge in [0.1, 0.15) is 11.5 Å². The zero-order chi connectivity index (χ0) is 25.1. The Bertz CT molecular complexity index is 1300. The van der Waals surface area contributed by atoms with Crippen LogP contribution in [0.15, 0.2) is 76.8 Å². The van der Waals surface area contributed by atoms with Crippen molar-refractivity contribution in [2.24, 2.45) is 0 Å². The van der Waals surface area contributed by atoms with Gasteiger partial charge >= 0.3 is 0 Å². The molecule has 0 radical (unpaired) electrons. The number of ether oxygens (including phenoxy) is 2. The van der Waals surface area contributed by atoms with Crippen molar-refractivity contribution in [3.05, 3.63) is 93.5 Å². The number of phenolic OH excluding ortho intramolecular Hbond substituents is 1. The predicted octanol–water partition coefficient (Wildman–Crippen LogP) is 5.18. The van der Waals surface area contributed by atoms with Crippen LogP contribution in [-0.2, 0) is 16.1 Å². The largest absolute Gasteiger partial charge is 0.507 e. The highest BCUT2D eigenvalue weighted by molar-refractivity contribution is 9.10. The van der Waals surface area contributed by atoms with Crippen molar-refractivity contribution >= 4 is 33.4 Å². The van der Waals surface area contributed by atoms with Gasteiger partial charge < -0.3 is 24.6 Å². The molecule has 0 aliphatic carbocycles. The standard InChI is InChI=1S/C27H24BrNO6/c1-3-35-19-11-7-10-17(12-19)24(30)22-23(18-13-20(28)25(31)21(14-18)34-2)29(27(33)26(22)32)15-16-8-5-4-6-9-16/h4-14,23,30-31H,3,15H2,1-2H3. The number of phenols is 1. The van der Waals surface area contributed by atoms with Gasteiger partial charge in [0, 0.05) is 12.1 Å². The van der Waals surface area contributed by atoms with E-state index in [1.54, 1.807) is 36.4 Å². The molecule has 3 aromatic rings. The Labute approximate surface area is 211 Å². The molecule has 0 saturated carbocycles. The maximum Gasteiger partial charge on any atom is 0.295 e. The van der Waals surface area contributed by atoms with E-state index in [4.69, 9.17) is 9.47 Å². The van der Waals surface area contributed by atoms with Crippen molar-refractivity contribution < 1.29 is 29.3 Å². The molecule has 1 aliphatic heterocycles. The Morgan fingerprint density at radius 1 is 1.06 bits per heavy atom. The first-order valence-corrected chi connectivity index (χ1v) is 11.8. The van der Waals surface area contributed by atoms with E-state index in [0.29, 0.717) is 28.0 Å². The van der Waals surface area contributed by atoms with Crippen molar-refractivity contribution in [2.45, 2.75) is 19.5 Å². The fraction of sp³-hybridized carbons (Fsp3) is 0.185. The lowest BCUT2D eigenvalue weighted by Crippen LogP contribution is -2.29. The van der Waals surface area contributed by atoms with Crippen molar-refractivity contribution in [1.82, 2.24) is 4.90 Å². The predicted molar refractivity (Wildman–Crippen MR) is 134 cm³/mol. The topological polar surface area (TPSA) is 96.3 Å². The molecule has 180 valence electrons. The second-order valence-corrected chi connectivity index (χ2v) is 8.78. The third-order valence-corrected chi connectivity index (χ3v) is 6.35. The summed E-state index contributed by atoms with van der Waals surface area (Å²) in [7, 11) is 1.41. The van der Waals surface area contributed by atoms with Gasteiger partial charge in [0.15, 0.2) is 11.5 Å². The summed E-state index contributed by atoms with van der Waals surface area (Å²) >= 11 is 3.32. The molecular formula is C27H24BrNO6. The van der Waals surface area contributed by atoms with Crippen LogP contribution in [0.5, 0.6) is 17.2 Å².